The number of benzene rings is 2. The van der Waals surface area contributed by atoms with Gasteiger partial charge in [0.25, 0.3) is 0 Å². The van der Waals surface area contributed by atoms with E-state index in [-0.39, 0.29) is 30.8 Å². The van der Waals surface area contributed by atoms with Crippen molar-refractivity contribution in [2.24, 2.45) is 0 Å². The smallest absolute Gasteiger partial charge is 0.355 e. The van der Waals surface area contributed by atoms with E-state index in [2.05, 4.69) is 16.0 Å². The van der Waals surface area contributed by atoms with Gasteiger partial charge in [-0.15, -0.1) is 0 Å². The second kappa shape index (κ2) is 8.91. The molecule has 3 N–H and O–H groups in total. The summed E-state index contributed by atoms with van der Waals surface area (Å²) >= 11 is 0. The summed E-state index contributed by atoms with van der Waals surface area (Å²) in [6.45, 7) is -0.0135. The Labute approximate surface area is 183 Å². The molecule has 5 nitrogen and oxygen atoms in total. The van der Waals surface area contributed by atoms with Crippen molar-refractivity contribution in [3.63, 3.8) is 0 Å². The molecule has 1 aliphatic rings. The number of carbonyl (C=O) groups is 2. The zero-order chi connectivity index (χ0) is 24.4. The van der Waals surface area contributed by atoms with Crippen LogP contribution in [0.1, 0.15) is 30.4 Å². The number of hydrogen-bond acceptors (Lipinski definition) is 3. The second-order valence-electron chi connectivity index (χ2n) is 7.61. The number of halogens is 7. The summed E-state index contributed by atoms with van der Waals surface area (Å²) in [6, 6.07) is 8.17. The van der Waals surface area contributed by atoms with E-state index in [1.807, 2.05) is 0 Å². The van der Waals surface area contributed by atoms with Gasteiger partial charge in [-0.2, -0.15) is 26.3 Å². The van der Waals surface area contributed by atoms with E-state index in [1.54, 1.807) is 0 Å². The van der Waals surface area contributed by atoms with Gasteiger partial charge in [0.05, 0.1) is 11.3 Å². The molecule has 2 amide bonds. The highest BCUT2D eigenvalue weighted by Gasteiger charge is 2.51. The van der Waals surface area contributed by atoms with Gasteiger partial charge in [-0.3, -0.25) is 9.59 Å². The molecule has 1 saturated carbocycles. The van der Waals surface area contributed by atoms with Gasteiger partial charge in [-0.1, -0.05) is 12.1 Å². The number of carbonyl (C=O) groups excluding carboxylic acids is 2. The van der Waals surface area contributed by atoms with Gasteiger partial charge in [0.1, 0.15) is 17.8 Å². The lowest BCUT2D eigenvalue weighted by atomic mass is 10.1. The van der Waals surface area contributed by atoms with Crippen molar-refractivity contribution < 1.29 is 40.3 Å². The molecule has 0 spiro atoms. The lowest BCUT2D eigenvalue weighted by molar-refractivity contribution is -0.155. The number of hydrogen-bond donors (Lipinski definition) is 3. The summed E-state index contributed by atoms with van der Waals surface area (Å²) in [7, 11) is 0. The predicted octanol–water partition coefficient (Wildman–Crippen LogP) is 4.81. The minimum atomic E-state index is -4.76. The van der Waals surface area contributed by atoms with Crippen molar-refractivity contribution >= 4 is 23.2 Å². The number of anilines is 2. The molecule has 0 aromatic heterocycles. The third kappa shape index (κ3) is 6.59. The summed E-state index contributed by atoms with van der Waals surface area (Å²) in [6.07, 6.45) is -10.7. The van der Waals surface area contributed by atoms with Crippen LogP contribution in [0.15, 0.2) is 42.5 Å². The molecule has 0 unspecified atom stereocenters. The normalized spacial score (nSPS) is 15.0. The van der Waals surface area contributed by atoms with Crippen LogP contribution < -0.4 is 16.0 Å². The average Bonchev–Trinajstić information content (AvgIpc) is 3.46. The Morgan fingerprint density at radius 3 is 2.12 bits per heavy atom. The van der Waals surface area contributed by atoms with Crippen LogP contribution >= 0.6 is 0 Å². The number of alkyl halides is 6. The molecule has 2 aromatic rings. The van der Waals surface area contributed by atoms with Crippen LogP contribution in [-0.4, -0.2) is 23.5 Å². The van der Waals surface area contributed by atoms with Crippen LogP contribution in [0.25, 0.3) is 0 Å². The summed E-state index contributed by atoms with van der Waals surface area (Å²) in [5.74, 6) is -2.94. The van der Waals surface area contributed by atoms with E-state index >= 15 is 0 Å². The number of rotatable bonds is 7. The average molecular weight is 477 g/mol. The third-order valence-electron chi connectivity index (χ3n) is 4.90. The standard InChI is InChI=1S/C21H18F7N3O2/c22-13-3-6-16(15(9-13)21(26,27)28)30-14-4-1-12(2-5-14)11-29-18(33)19(7-8-19)31-17(32)10-20(23,24)25/h1-6,9,30H,7-8,10-11H2,(H,29,33)(H,31,32). The Hall–Kier alpha value is -3.31. The summed E-state index contributed by atoms with van der Waals surface area (Å²) < 4.78 is 89.4. The lowest BCUT2D eigenvalue weighted by Crippen LogP contribution is -2.49. The first kappa shape index (κ1) is 24.3. The fourth-order valence-corrected chi connectivity index (χ4v) is 3.10. The topological polar surface area (TPSA) is 70.2 Å². The first-order valence-electron chi connectivity index (χ1n) is 9.66. The van der Waals surface area contributed by atoms with Gasteiger partial charge in [0.2, 0.25) is 11.8 Å². The van der Waals surface area contributed by atoms with Crippen LogP contribution in [0.3, 0.4) is 0 Å². The molecule has 3 rings (SSSR count). The van der Waals surface area contributed by atoms with Crippen LogP contribution in [0.4, 0.5) is 42.1 Å². The molecule has 0 aliphatic heterocycles. The first-order chi connectivity index (χ1) is 15.3. The predicted molar refractivity (Wildman–Crippen MR) is 104 cm³/mol. The molecule has 0 radical (unpaired) electrons. The zero-order valence-electron chi connectivity index (χ0n) is 16.8. The molecule has 1 fully saturated rings. The van der Waals surface area contributed by atoms with Crippen molar-refractivity contribution in [2.45, 2.75) is 43.7 Å². The highest BCUT2D eigenvalue weighted by atomic mass is 19.4. The van der Waals surface area contributed by atoms with Gasteiger partial charge >= 0.3 is 12.4 Å². The Balaban J connectivity index is 1.58. The molecule has 0 atom stereocenters. The van der Waals surface area contributed by atoms with Crippen molar-refractivity contribution in [1.82, 2.24) is 10.6 Å². The summed E-state index contributed by atoms with van der Waals surface area (Å²) in [4.78, 5) is 23.8. The van der Waals surface area contributed by atoms with Gasteiger partial charge in [-0.25, -0.2) is 4.39 Å². The molecular formula is C21H18F7N3O2. The van der Waals surface area contributed by atoms with Crippen LogP contribution in [0, 0.1) is 5.82 Å². The second-order valence-corrected chi connectivity index (χ2v) is 7.61. The molecular weight excluding hydrogens is 459 g/mol. The van der Waals surface area contributed by atoms with Crippen molar-refractivity contribution in [2.75, 3.05) is 5.32 Å². The van der Waals surface area contributed by atoms with Gasteiger partial charge < -0.3 is 16.0 Å². The maximum Gasteiger partial charge on any atom is 0.418 e. The monoisotopic (exact) mass is 477 g/mol. The molecule has 12 heteroatoms. The highest BCUT2D eigenvalue weighted by molar-refractivity contribution is 5.94. The van der Waals surface area contributed by atoms with Crippen molar-refractivity contribution in [1.29, 1.82) is 0 Å². The van der Waals surface area contributed by atoms with E-state index in [0.29, 0.717) is 11.6 Å². The zero-order valence-corrected chi connectivity index (χ0v) is 16.8. The van der Waals surface area contributed by atoms with Crippen LogP contribution in [-0.2, 0) is 22.3 Å². The lowest BCUT2D eigenvalue weighted by Gasteiger charge is -2.18. The van der Waals surface area contributed by atoms with Crippen LogP contribution in [0.5, 0.6) is 0 Å². The molecule has 178 valence electrons. The van der Waals surface area contributed by atoms with Gasteiger partial charge in [-0.05, 0) is 48.7 Å². The maximum absolute atomic E-state index is 13.2. The summed E-state index contributed by atoms with van der Waals surface area (Å²) in [5, 5.41) is 7.21. The molecule has 1 aliphatic carbocycles. The molecule has 33 heavy (non-hydrogen) atoms. The molecule has 0 heterocycles. The number of amides is 2. The fraction of sp³-hybridized carbons (Fsp3) is 0.333. The Morgan fingerprint density at radius 2 is 1.58 bits per heavy atom. The molecule has 0 bridgehead atoms. The fourth-order valence-electron chi connectivity index (χ4n) is 3.10. The first-order valence-corrected chi connectivity index (χ1v) is 9.66. The Kier molecular flexibility index (Phi) is 6.57. The Morgan fingerprint density at radius 1 is 0.939 bits per heavy atom. The molecule has 0 saturated heterocycles. The maximum atomic E-state index is 13.2. The minimum Gasteiger partial charge on any atom is -0.355 e. The minimum absolute atomic E-state index is 0.0135. The summed E-state index contributed by atoms with van der Waals surface area (Å²) in [5.41, 5.74) is -2.03. The van der Waals surface area contributed by atoms with E-state index in [9.17, 15) is 40.3 Å². The van der Waals surface area contributed by atoms with Gasteiger partial charge in [0, 0.05) is 12.2 Å². The largest absolute Gasteiger partial charge is 0.418 e. The van der Waals surface area contributed by atoms with E-state index in [4.69, 9.17) is 0 Å². The van der Waals surface area contributed by atoms with Crippen LogP contribution in [0.2, 0.25) is 0 Å². The van der Waals surface area contributed by atoms with E-state index in [1.165, 1.54) is 24.3 Å². The third-order valence-corrected chi connectivity index (χ3v) is 4.90. The van der Waals surface area contributed by atoms with E-state index in [0.717, 1.165) is 12.1 Å². The van der Waals surface area contributed by atoms with E-state index < -0.39 is 47.5 Å². The Bertz CT molecular complexity index is 1030. The SMILES string of the molecule is O=C(CC(F)(F)F)NC1(C(=O)NCc2ccc(Nc3ccc(F)cc3C(F)(F)F)cc2)CC1. The number of nitrogens with one attached hydrogen (secondary N) is 3. The quantitative estimate of drug-likeness (QED) is 0.502. The van der Waals surface area contributed by atoms with Crippen molar-refractivity contribution in [3.8, 4) is 0 Å². The molecule has 2 aromatic carbocycles. The van der Waals surface area contributed by atoms with Crippen molar-refractivity contribution in [3.05, 3.63) is 59.4 Å². The highest BCUT2D eigenvalue weighted by Crippen LogP contribution is 2.37. The van der Waals surface area contributed by atoms with Gasteiger partial charge in [0.15, 0.2) is 0 Å².